The molecule has 0 bridgehead atoms. The zero-order valence-electron chi connectivity index (χ0n) is 6.05. The van der Waals surface area contributed by atoms with Gasteiger partial charge in [-0.05, 0) is 0 Å². The van der Waals surface area contributed by atoms with E-state index in [0.29, 0.717) is 0 Å². The molecule has 0 spiro atoms. The Labute approximate surface area is 72.2 Å². The first-order chi connectivity index (χ1) is 5.41. The minimum absolute atomic E-state index is 1.16. The van der Waals surface area contributed by atoms with Crippen LogP contribution >= 0.6 is 0 Å². The van der Waals surface area contributed by atoms with Crippen LogP contribution in [0.1, 0.15) is 0 Å². The van der Waals surface area contributed by atoms with E-state index in [9.17, 15) is 0 Å². The van der Waals surface area contributed by atoms with Gasteiger partial charge in [0.2, 0.25) is 0 Å². The number of rotatable bonds is 4. The van der Waals surface area contributed by atoms with Crippen LogP contribution in [0.15, 0.2) is 0 Å². The molecule has 0 rings (SSSR count). The summed E-state index contributed by atoms with van der Waals surface area (Å²) in [6, 6.07) is 0. The van der Waals surface area contributed by atoms with Crippen LogP contribution in [0, 0.1) is 0 Å². The van der Waals surface area contributed by atoms with E-state index < -0.39 is 0 Å². The topological polar surface area (TPSA) is 29.5 Å². The van der Waals surface area contributed by atoms with Crippen molar-refractivity contribution in [2.24, 2.45) is 0 Å². The van der Waals surface area contributed by atoms with Crippen molar-refractivity contribution in [1.82, 2.24) is 0 Å². The Balaban J connectivity index is 3.51. The average Bonchev–Trinajstić information content (AvgIpc) is 2.03. The fourth-order valence-electron chi connectivity index (χ4n) is 0.401. The Bertz CT molecular complexity index is 176. The van der Waals surface area contributed by atoms with Gasteiger partial charge < -0.3 is 0 Å². The van der Waals surface area contributed by atoms with Gasteiger partial charge in [-0.2, -0.15) is 0 Å². The summed E-state index contributed by atoms with van der Waals surface area (Å²) in [5.74, 6) is 0. The molecule has 0 aromatic rings. The van der Waals surface area contributed by atoms with Crippen molar-refractivity contribution >= 4 is 61.6 Å². The van der Waals surface area contributed by atoms with Gasteiger partial charge in [0.15, 0.2) is 0 Å². The molecule has 0 aliphatic heterocycles. The predicted octanol–water partition coefficient (Wildman–Crippen LogP) is -3.49. The number of hydrogen-bond acceptors (Lipinski definition) is 2. The van der Waals surface area contributed by atoms with E-state index in [1.54, 1.807) is 40.2 Å². The summed E-state index contributed by atoms with van der Waals surface area (Å²) in [4.78, 5) is 3.68. The van der Waals surface area contributed by atoms with Gasteiger partial charge in [0, 0.05) is 0 Å². The van der Waals surface area contributed by atoms with E-state index in [1.807, 2.05) is 0 Å². The van der Waals surface area contributed by atoms with Gasteiger partial charge in [-0.25, -0.2) is 0 Å². The molecule has 0 fully saturated rings. The van der Waals surface area contributed by atoms with Gasteiger partial charge in [-0.1, -0.05) is 0 Å². The Hall–Kier alpha value is 0.344. The van der Waals surface area contributed by atoms with Gasteiger partial charge in [0.1, 0.15) is 0 Å². The standard InChI is InChI=1S/B9HO2/c1-2-3-4-5-6-7-8-9-11-10/h10H. The van der Waals surface area contributed by atoms with E-state index in [4.69, 9.17) is 13.0 Å². The van der Waals surface area contributed by atoms with Gasteiger partial charge in [-0.15, -0.1) is 0 Å². The molecular formula is HB9O2. The molecule has 2 nitrogen and oxygen atoms in total. The van der Waals surface area contributed by atoms with Crippen molar-refractivity contribution in [2.75, 3.05) is 0 Å². The van der Waals surface area contributed by atoms with Crippen molar-refractivity contribution in [3.8, 4) is 0 Å². The van der Waals surface area contributed by atoms with Crippen molar-refractivity contribution in [2.45, 2.75) is 0 Å². The van der Waals surface area contributed by atoms with Gasteiger partial charge in [0.25, 0.3) is 0 Å². The molecule has 0 heterocycles. The molecule has 0 aliphatic rings. The first-order valence-corrected chi connectivity index (χ1v) is 3.08. The SMILES string of the molecule is [B]B=BB=BB=BB=BOO. The molecular weight excluding hydrogens is 129 g/mol. The van der Waals surface area contributed by atoms with Crippen LogP contribution < -0.4 is 0 Å². The van der Waals surface area contributed by atoms with Crippen LogP contribution in [0.4, 0.5) is 0 Å². The molecule has 40 valence electrons. The monoisotopic (exact) mass is 132 g/mol. The van der Waals surface area contributed by atoms with Crippen LogP contribution in [0.3, 0.4) is 0 Å². The second kappa shape index (κ2) is 10.3. The summed E-state index contributed by atoms with van der Waals surface area (Å²) in [5, 5.41) is 7.84. The maximum atomic E-state index is 7.84. The summed E-state index contributed by atoms with van der Waals surface area (Å²) in [6.45, 7) is 11.8. The van der Waals surface area contributed by atoms with Gasteiger partial charge in [-0.3, -0.25) is 0 Å². The fourth-order valence-corrected chi connectivity index (χ4v) is 0.401. The van der Waals surface area contributed by atoms with Crippen LogP contribution in [0.25, 0.3) is 0 Å². The maximum absolute atomic E-state index is 7.84. The van der Waals surface area contributed by atoms with E-state index in [1.165, 1.54) is 6.69 Å². The molecule has 11 heavy (non-hydrogen) atoms. The summed E-state index contributed by atoms with van der Waals surface area (Å²) in [7, 11) is 6.22. The second-order valence-electron chi connectivity index (χ2n) is 1.59. The third-order valence-electron chi connectivity index (χ3n) is 0.806. The summed E-state index contributed by atoms with van der Waals surface area (Å²) < 4.78 is 0. The first-order valence-electron chi connectivity index (χ1n) is 3.08. The predicted molar refractivity (Wildman–Crippen MR) is 55.5 cm³/mol. The van der Waals surface area contributed by atoms with Crippen LogP contribution in [0.2, 0.25) is 0 Å². The van der Waals surface area contributed by atoms with E-state index in [2.05, 4.69) is 4.81 Å². The van der Waals surface area contributed by atoms with Gasteiger partial charge in [0.05, 0.1) is 0 Å². The van der Waals surface area contributed by atoms with Crippen LogP contribution in [-0.2, 0) is 4.81 Å². The summed E-state index contributed by atoms with van der Waals surface area (Å²) in [6.07, 6.45) is 0. The molecule has 0 saturated heterocycles. The van der Waals surface area contributed by atoms with Crippen molar-refractivity contribution in [3.63, 3.8) is 0 Å². The summed E-state index contributed by atoms with van der Waals surface area (Å²) >= 11 is 0. The van der Waals surface area contributed by atoms with Crippen molar-refractivity contribution < 1.29 is 10.1 Å². The first kappa shape index (κ1) is 11.3. The summed E-state index contributed by atoms with van der Waals surface area (Å²) in [5.41, 5.74) is 0. The van der Waals surface area contributed by atoms with E-state index >= 15 is 0 Å². The van der Waals surface area contributed by atoms with E-state index in [0.717, 1.165) is 7.00 Å². The minimum atomic E-state index is 1.16. The van der Waals surface area contributed by atoms with Crippen LogP contribution in [0.5, 0.6) is 0 Å². The normalized spacial score (nSPS) is 7.00. The van der Waals surface area contributed by atoms with Crippen molar-refractivity contribution in [1.29, 1.82) is 0 Å². The van der Waals surface area contributed by atoms with E-state index in [-0.39, 0.29) is 0 Å². The molecule has 0 atom stereocenters. The Morgan fingerprint density at radius 2 is 1.45 bits per heavy atom. The molecule has 2 radical (unpaired) electrons. The Kier molecular flexibility index (Phi) is 10.7. The third-order valence-corrected chi connectivity index (χ3v) is 0.806. The second-order valence-corrected chi connectivity index (χ2v) is 1.59. The Morgan fingerprint density at radius 1 is 0.909 bits per heavy atom. The van der Waals surface area contributed by atoms with Crippen LogP contribution in [-0.4, -0.2) is 66.8 Å². The molecule has 11 heteroatoms. The van der Waals surface area contributed by atoms with Gasteiger partial charge >= 0.3 is 71.7 Å². The molecule has 0 unspecified atom stereocenters. The molecule has 1 N–H and O–H groups in total. The third kappa shape index (κ3) is 10.3. The zero-order chi connectivity index (χ0) is 8.36. The number of hydrogen-bond donors (Lipinski definition) is 1. The average molecular weight is 130 g/mol. The molecule has 0 aromatic heterocycles. The molecule has 0 amide bonds. The molecule has 0 aliphatic carbocycles. The molecule has 0 saturated carbocycles. The molecule has 0 aromatic carbocycles. The van der Waals surface area contributed by atoms with Crippen molar-refractivity contribution in [3.05, 3.63) is 0 Å². The Morgan fingerprint density at radius 3 is 2.00 bits per heavy atom. The fraction of sp³-hybridized carbons (Fsp3) is 0. The zero-order valence-corrected chi connectivity index (χ0v) is 6.05. The quantitative estimate of drug-likeness (QED) is 0.243.